The summed E-state index contributed by atoms with van der Waals surface area (Å²) in [6.07, 6.45) is -0.684. The van der Waals surface area contributed by atoms with Crippen LogP contribution in [0.5, 0.6) is 0 Å². The molecule has 1 aliphatic rings. The number of carbonyl (C=O) groups is 2. The van der Waals surface area contributed by atoms with Crippen LogP contribution in [-0.2, 0) is 11.3 Å². The van der Waals surface area contributed by atoms with Crippen molar-refractivity contribution in [1.82, 2.24) is 19.9 Å². The molecule has 0 aliphatic carbocycles. The molecule has 1 aromatic heterocycles. The van der Waals surface area contributed by atoms with Crippen molar-refractivity contribution in [1.29, 1.82) is 0 Å². The van der Waals surface area contributed by atoms with Crippen molar-refractivity contribution < 1.29 is 27.9 Å². The monoisotopic (exact) mass is 489 g/mol. The zero-order chi connectivity index (χ0) is 25.6. The molecular formula is C24H26F3N5O3. The smallest absolute Gasteiger partial charge is 0.475 e. The molecule has 35 heavy (non-hydrogen) atoms. The molecule has 1 amide bonds. The van der Waals surface area contributed by atoms with Crippen molar-refractivity contribution >= 4 is 17.6 Å². The number of aryl methyl sites for hydroxylation is 1. The quantitative estimate of drug-likeness (QED) is 0.556. The Morgan fingerprint density at radius 2 is 1.86 bits per heavy atom. The predicted octanol–water partition coefficient (Wildman–Crippen LogP) is 4.23. The standard InChI is InChI=1S/C22H25N5O.C2HF3O2/c1-16-10-11-17(13-20(16)22(28)23-18-7-4-3-5-8-18)21-15-27(25-24-21)14-19-9-6-12-26(19)2;3-2(4,5)1(6)7/h3-5,7-8,10-11,13,15,19H,6,9,12,14H2,1-2H3,(H,23,28);(H,6,7)/t19-;/m1./s1. The molecule has 0 unspecified atom stereocenters. The zero-order valence-corrected chi connectivity index (χ0v) is 19.3. The number of anilines is 1. The molecule has 0 radical (unpaired) electrons. The highest BCUT2D eigenvalue weighted by Crippen LogP contribution is 2.23. The largest absolute Gasteiger partial charge is 0.490 e. The van der Waals surface area contributed by atoms with Gasteiger partial charge in [0.05, 0.1) is 12.7 Å². The lowest BCUT2D eigenvalue weighted by Crippen LogP contribution is -2.29. The molecule has 3 aromatic rings. The third kappa shape index (κ3) is 7.12. The topological polar surface area (TPSA) is 100 Å². The number of hydrogen-bond donors (Lipinski definition) is 2. The molecule has 0 spiro atoms. The molecule has 4 rings (SSSR count). The molecule has 0 bridgehead atoms. The molecule has 0 saturated carbocycles. The first kappa shape index (κ1) is 25.9. The van der Waals surface area contributed by atoms with E-state index in [4.69, 9.17) is 9.90 Å². The van der Waals surface area contributed by atoms with Gasteiger partial charge in [0.15, 0.2) is 0 Å². The lowest BCUT2D eigenvalue weighted by atomic mass is 10.0. The van der Waals surface area contributed by atoms with E-state index < -0.39 is 12.1 Å². The summed E-state index contributed by atoms with van der Waals surface area (Å²) in [4.78, 5) is 24.0. The van der Waals surface area contributed by atoms with Crippen LogP contribution >= 0.6 is 0 Å². The Morgan fingerprint density at radius 1 is 1.17 bits per heavy atom. The van der Waals surface area contributed by atoms with Gasteiger partial charge in [-0.2, -0.15) is 13.2 Å². The first-order valence-corrected chi connectivity index (χ1v) is 10.9. The number of rotatable bonds is 5. The number of likely N-dealkylation sites (N-methyl/N-ethyl adjacent to an activating group) is 1. The van der Waals surface area contributed by atoms with Gasteiger partial charge in [0.25, 0.3) is 5.91 Å². The van der Waals surface area contributed by atoms with E-state index in [9.17, 15) is 18.0 Å². The Morgan fingerprint density at radius 3 is 2.46 bits per heavy atom. The fourth-order valence-electron chi connectivity index (χ4n) is 3.69. The number of benzene rings is 2. The van der Waals surface area contributed by atoms with Crippen LogP contribution in [0, 0.1) is 6.92 Å². The minimum absolute atomic E-state index is 0.120. The number of para-hydroxylation sites is 1. The van der Waals surface area contributed by atoms with Gasteiger partial charge < -0.3 is 15.3 Å². The van der Waals surface area contributed by atoms with Crippen LogP contribution in [0.3, 0.4) is 0 Å². The van der Waals surface area contributed by atoms with Gasteiger partial charge in [-0.15, -0.1) is 5.10 Å². The number of hydrogen-bond acceptors (Lipinski definition) is 5. The molecule has 8 nitrogen and oxygen atoms in total. The predicted molar refractivity (Wildman–Crippen MR) is 124 cm³/mol. The maximum atomic E-state index is 12.7. The summed E-state index contributed by atoms with van der Waals surface area (Å²) in [5, 5.41) is 18.7. The molecule has 1 saturated heterocycles. The molecule has 186 valence electrons. The van der Waals surface area contributed by atoms with E-state index in [0.29, 0.717) is 11.6 Å². The fraction of sp³-hybridized carbons (Fsp3) is 0.333. The van der Waals surface area contributed by atoms with Crippen molar-refractivity contribution in [3.05, 3.63) is 65.9 Å². The summed E-state index contributed by atoms with van der Waals surface area (Å²) < 4.78 is 33.6. The number of carbonyl (C=O) groups excluding carboxylic acids is 1. The lowest BCUT2D eigenvalue weighted by Gasteiger charge is -2.18. The van der Waals surface area contributed by atoms with Crippen LogP contribution in [-0.4, -0.2) is 62.7 Å². The van der Waals surface area contributed by atoms with Gasteiger partial charge >= 0.3 is 12.1 Å². The summed E-state index contributed by atoms with van der Waals surface area (Å²) >= 11 is 0. The van der Waals surface area contributed by atoms with Crippen molar-refractivity contribution in [2.75, 3.05) is 18.9 Å². The summed E-state index contributed by atoms with van der Waals surface area (Å²) in [7, 11) is 2.16. The molecular weight excluding hydrogens is 463 g/mol. The Bertz CT molecular complexity index is 1160. The average Bonchev–Trinajstić information content (AvgIpc) is 3.44. The number of nitrogens with zero attached hydrogens (tertiary/aromatic N) is 4. The Hall–Kier alpha value is -3.73. The van der Waals surface area contributed by atoms with E-state index in [1.54, 1.807) is 0 Å². The maximum Gasteiger partial charge on any atom is 0.490 e. The van der Waals surface area contributed by atoms with Gasteiger partial charge in [-0.1, -0.05) is 35.5 Å². The highest BCUT2D eigenvalue weighted by atomic mass is 19.4. The van der Waals surface area contributed by atoms with Crippen LogP contribution in [0.1, 0.15) is 28.8 Å². The second kappa shape index (κ2) is 11.1. The normalized spacial score (nSPS) is 15.9. The number of carboxylic acids is 1. The fourth-order valence-corrected chi connectivity index (χ4v) is 3.69. The number of aromatic nitrogens is 3. The van der Waals surface area contributed by atoms with Crippen LogP contribution in [0.2, 0.25) is 0 Å². The van der Waals surface area contributed by atoms with Gasteiger partial charge in [-0.25, -0.2) is 4.79 Å². The molecule has 11 heteroatoms. The van der Waals surface area contributed by atoms with Crippen molar-refractivity contribution in [3.63, 3.8) is 0 Å². The molecule has 2 N–H and O–H groups in total. The second-order valence-electron chi connectivity index (χ2n) is 8.26. The first-order valence-electron chi connectivity index (χ1n) is 10.9. The molecule has 2 aromatic carbocycles. The Kier molecular flexibility index (Phi) is 8.23. The average molecular weight is 489 g/mol. The number of aliphatic carboxylic acids is 1. The molecule has 1 fully saturated rings. The molecule has 2 heterocycles. The number of amides is 1. The minimum Gasteiger partial charge on any atom is -0.475 e. The number of nitrogens with one attached hydrogen (secondary N) is 1. The highest BCUT2D eigenvalue weighted by molar-refractivity contribution is 6.05. The number of carboxylic acid groups (broad SMARTS) is 1. The zero-order valence-electron chi connectivity index (χ0n) is 19.3. The number of likely N-dealkylation sites (tertiary alicyclic amines) is 1. The van der Waals surface area contributed by atoms with Crippen molar-refractivity contribution in [3.8, 4) is 11.3 Å². The SMILES string of the molecule is Cc1ccc(-c2cn(C[C@H]3CCCN3C)nn2)cc1C(=O)Nc1ccccc1.O=C(O)C(F)(F)F. The van der Waals surface area contributed by atoms with E-state index in [2.05, 4.69) is 27.6 Å². The van der Waals surface area contributed by atoms with E-state index in [0.717, 1.165) is 35.6 Å². The number of halogens is 3. The van der Waals surface area contributed by atoms with Crippen LogP contribution < -0.4 is 5.32 Å². The van der Waals surface area contributed by atoms with Gasteiger partial charge in [0.1, 0.15) is 5.69 Å². The van der Waals surface area contributed by atoms with Gasteiger partial charge in [0.2, 0.25) is 0 Å². The Balaban J connectivity index is 0.000000429. The Labute approximate surface area is 200 Å². The summed E-state index contributed by atoms with van der Waals surface area (Å²) in [6, 6.07) is 15.8. The van der Waals surface area contributed by atoms with Gasteiger partial charge in [-0.3, -0.25) is 9.48 Å². The maximum absolute atomic E-state index is 12.7. The van der Waals surface area contributed by atoms with Crippen LogP contribution in [0.15, 0.2) is 54.7 Å². The first-order chi connectivity index (χ1) is 16.5. The number of alkyl halides is 3. The van der Waals surface area contributed by atoms with E-state index in [1.165, 1.54) is 12.8 Å². The lowest BCUT2D eigenvalue weighted by molar-refractivity contribution is -0.192. The summed E-state index contributed by atoms with van der Waals surface area (Å²) in [5.41, 5.74) is 4.04. The van der Waals surface area contributed by atoms with Crippen LogP contribution in [0.25, 0.3) is 11.3 Å². The molecule has 1 aliphatic heterocycles. The summed E-state index contributed by atoms with van der Waals surface area (Å²) in [6.45, 7) is 3.93. The van der Waals surface area contributed by atoms with Gasteiger partial charge in [0, 0.05) is 22.9 Å². The highest BCUT2D eigenvalue weighted by Gasteiger charge is 2.38. The third-order valence-electron chi connectivity index (χ3n) is 5.66. The van der Waals surface area contributed by atoms with Crippen LogP contribution in [0.4, 0.5) is 18.9 Å². The van der Waals surface area contributed by atoms with Gasteiger partial charge in [-0.05, 0) is 57.1 Å². The van der Waals surface area contributed by atoms with E-state index in [-0.39, 0.29) is 5.91 Å². The molecule has 1 atom stereocenters. The van der Waals surface area contributed by atoms with Crippen molar-refractivity contribution in [2.24, 2.45) is 0 Å². The summed E-state index contributed by atoms with van der Waals surface area (Å²) in [5.74, 6) is -2.88. The van der Waals surface area contributed by atoms with E-state index >= 15 is 0 Å². The second-order valence-corrected chi connectivity index (χ2v) is 8.26. The van der Waals surface area contributed by atoms with E-state index in [1.807, 2.05) is 66.3 Å². The third-order valence-corrected chi connectivity index (χ3v) is 5.66. The van der Waals surface area contributed by atoms with Crippen molar-refractivity contribution in [2.45, 2.75) is 38.5 Å². The minimum atomic E-state index is -5.08.